The molecule has 31 heavy (non-hydrogen) atoms. The number of hydrogen-bond donors (Lipinski definition) is 1. The topological polar surface area (TPSA) is 82.2 Å². The molecule has 0 spiro atoms. The molecule has 1 atom stereocenters. The zero-order valence-corrected chi connectivity index (χ0v) is 17.7. The molecule has 2 heterocycles. The van der Waals surface area contributed by atoms with E-state index in [4.69, 9.17) is 9.26 Å². The normalized spacial score (nSPS) is 11.8. The standard InChI is InChI=1S/C24H24N4O3/c1-16-21(17(2)31-27-16)15-30-20-11-9-19(10-12-20)24(29)26-22(18-7-5-4-6-8-18)23-25-13-14-28(23)3/h4-14,22H,15H2,1-3H3,(H,26,29). The van der Waals surface area contributed by atoms with Gasteiger partial charge in [0.15, 0.2) is 0 Å². The van der Waals surface area contributed by atoms with Crippen molar-refractivity contribution in [2.75, 3.05) is 0 Å². The Hall–Kier alpha value is -3.87. The van der Waals surface area contributed by atoms with Crippen molar-refractivity contribution in [1.29, 1.82) is 0 Å². The van der Waals surface area contributed by atoms with Gasteiger partial charge in [-0.15, -0.1) is 0 Å². The third-order valence-electron chi connectivity index (χ3n) is 5.21. The Bertz CT molecular complexity index is 1140. The Labute approximate surface area is 180 Å². The number of nitrogens with one attached hydrogen (secondary N) is 1. The van der Waals surface area contributed by atoms with Crippen molar-refractivity contribution < 1.29 is 14.1 Å². The molecule has 0 bridgehead atoms. The molecule has 0 aliphatic heterocycles. The molecule has 2 aromatic heterocycles. The molecule has 0 saturated carbocycles. The van der Waals surface area contributed by atoms with E-state index in [0.29, 0.717) is 17.9 Å². The molecular formula is C24H24N4O3. The van der Waals surface area contributed by atoms with Gasteiger partial charge in [-0.25, -0.2) is 4.98 Å². The summed E-state index contributed by atoms with van der Waals surface area (Å²) in [5, 5.41) is 7.03. The first-order valence-corrected chi connectivity index (χ1v) is 10.0. The molecule has 4 aromatic rings. The highest BCUT2D eigenvalue weighted by molar-refractivity contribution is 5.94. The van der Waals surface area contributed by atoms with E-state index in [1.54, 1.807) is 30.5 Å². The van der Waals surface area contributed by atoms with Gasteiger partial charge in [0.25, 0.3) is 5.91 Å². The largest absolute Gasteiger partial charge is 0.489 e. The maximum absolute atomic E-state index is 13.0. The highest BCUT2D eigenvalue weighted by atomic mass is 16.5. The summed E-state index contributed by atoms with van der Waals surface area (Å²) >= 11 is 0. The second-order valence-electron chi connectivity index (χ2n) is 7.33. The van der Waals surface area contributed by atoms with E-state index in [2.05, 4.69) is 15.5 Å². The Morgan fingerprint density at radius 3 is 2.48 bits per heavy atom. The molecule has 158 valence electrons. The fraction of sp³-hybridized carbons (Fsp3) is 0.208. The van der Waals surface area contributed by atoms with Crippen LogP contribution in [0.2, 0.25) is 0 Å². The maximum atomic E-state index is 13.0. The monoisotopic (exact) mass is 416 g/mol. The number of nitrogens with zero attached hydrogens (tertiary/aromatic N) is 3. The molecule has 1 unspecified atom stereocenters. The second kappa shape index (κ2) is 8.87. The van der Waals surface area contributed by atoms with Crippen molar-refractivity contribution in [2.45, 2.75) is 26.5 Å². The molecule has 7 nitrogen and oxygen atoms in total. The summed E-state index contributed by atoms with van der Waals surface area (Å²) in [6.45, 7) is 4.10. The molecule has 0 aliphatic rings. The molecule has 0 radical (unpaired) electrons. The highest BCUT2D eigenvalue weighted by Crippen LogP contribution is 2.22. The van der Waals surface area contributed by atoms with Gasteiger partial charge in [-0.1, -0.05) is 35.5 Å². The molecule has 0 saturated heterocycles. The first-order valence-electron chi connectivity index (χ1n) is 10.0. The van der Waals surface area contributed by atoms with Gasteiger partial charge in [0.1, 0.15) is 30.0 Å². The van der Waals surface area contributed by atoms with E-state index in [1.165, 1.54) is 0 Å². The van der Waals surface area contributed by atoms with Gasteiger partial charge in [-0.05, 0) is 43.7 Å². The van der Waals surface area contributed by atoms with E-state index in [-0.39, 0.29) is 11.9 Å². The average molecular weight is 416 g/mol. The number of amides is 1. The van der Waals surface area contributed by atoms with Crippen LogP contribution in [0.1, 0.15) is 44.8 Å². The summed E-state index contributed by atoms with van der Waals surface area (Å²) in [4.78, 5) is 17.4. The Kier molecular flexibility index (Phi) is 5.84. The molecule has 1 N–H and O–H groups in total. The highest BCUT2D eigenvalue weighted by Gasteiger charge is 2.21. The first kappa shape index (κ1) is 20.4. The van der Waals surface area contributed by atoms with Gasteiger partial charge in [0, 0.05) is 25.0 Å². The van der Waals surface area contributed by atoms with Crippen molar-refractivity contribution in [3.8, 4) is 5.75 Å². The van der Waals surface area contributed by atoms with Crippen molar-refractivity contribution in [3.05, 3.63) is 101 Å². The summed E-state index contributed by atoms with van der Waals surface area (Å²) in [5.41, 5.74) is 3.25. The minimum atomic E-state index is -0.357. The molecule has 7 heteroatoms. The van der Waals surface area contributed by atoms with Crippen LogP contribution in [0.25, 0.3) is 0 Å². The maximum Gasteiger partial charge on any atom is 0.252 e. The number of aromatic nitrogens is 3. The molecule has 4 rings (SSSR count). The number of carbonyl (C=O) groups is 1. The molecular weight excluding hydrogens is 392 g/mol. The molecule has 0 aliphatic carbocycles. The van der Waals surface area contributed by atoms with Gasteiger partial charge < -0.3 is 19.1 Å². The Morgan fingerprint density at radius 2 is 1.87 bits per heavy atom. The molecule has 1 amide bonds. The molecule has 0 fully saturated rings. The zero-order valence-electron chi connectivity index (χ0n) is 17.7. The van der Waals surface area contributed by atoms with Crippen LogP contribution < -0.4 is 10.1 Å². The van der Waals surface area contributed by atoms with Gasteiger partial charge >= 0.3 is 0 Å². The summed E-state index contributed by atoms with van der Waals surface area (Å²) in [6, 6.07) is 16.5. The average Bonchev–Trinajstić information content (AvgIpc) is 3.36. The van der Waals surface area contributed by atoms with Gasteiger partial charge in [0.05, 0.1) is 11.3 Å². The Morgan fingerprint density at radius 1 is 1.13 bits per heavy atom. The zero-order chi connectivity index (χ0) is 21.8. The summed E-state index contributed by atoms with van der Waals surface area (Å²) in [5.74, 6) is 1.99. The van der Waals surface area contributed by atoms with Crippen LogP contribution in [0.3, 0.4) is 0 Å². The van der Waals surface area contributed by atoms with Crippen molar-refractivity contribution in [2.24, 2.45) is 7.05 Å². The quantitative estimate of drug-likeness (QED) is 0.490. The van der Waals surface area contributed by atoms with E-state index in [9.17, 15) is 4.79 Å². The van der Waals surface area contributed by atoms with Gasteiger partial charge in [-0.2, -0.15) is 0 Å². The van der Waals surface area contributed by atoms with Crippen LogP contribution >= 0.6 is 0 Å². The van der Waals surface area contributed by atoms with Gasteiger partial charge in [0.2, 0.25) is 0 Å². The van der Waals surface area contributed by atoms with Crippen LogP contribution in [0.5, 0.6) is 5.75 Å². The van der Waals surface area contributed by atoms with E-state index >= 15 is 0 Å². The fourth-order valence-electron chi connectivity index (χ4n) is 3.38. The minimum Gasteiger partial charge on any atom is -0.489 e. The third kappa shape index (κ3) is 4.50. The lowest BCUT2D eigenvalue weighted by Crippen LogP contribution is -2.31. The van der Waals surface area contributed by atoms with Crippen molar-refractivity contribution in [1.82, 2.24) is 20.0 Å². The SMILES string of the molecule is Cc1noc(C)c1COc1ccc(C(=O)NC(c2ccccc2)c2nccn2C)cc1. The number of carbonyl (C=O) groups excluding carboxylic acids is 1. The number of imidazole rings is 1. The Balaban J connectivity index is 1.47. The lowest BCUT2D eigenvalue weighted by molar-refractivity contribution is 0.0941. The van der Waals surface area contributed by atoms with Crippen molar-refractivity contribution >= 4 is 5.91 Å². The lowest BCUT2D eigenvalue weighted by Gasteiger charge is -2.19. The number of aryl methyl sites for hydroxylation is 3. The van der Waals surface area contributed by atoms with Crippen LogP contribution in [-0.2, 0) is 13.7 Å². The van der Waals surface area contributed by atoms with Crippen LogP contribution in [0.4, 0.5) is 0 Å². The first-order chi connectivity index (χ1) is 15.0. The summed E-state index contributed by atoms with van der Waals surface area (Å²) < 4.78 is 12.9. The predicted molar refractivity (Wildman–Crippen MR) is 116 cm³/mol. The van der Waals surface area contributed by atoms with Crippen LogP contribution in [0.15, 0.2) is 71.5 Å². The summed E-state index contributed by atoms with van der Waals surface area (Å²) in [7, 11) is 1.91. The summed E-state index contributed by atoms with van der Waals surface area (Å²) in [6.07, 6.45) is 3.59. The second-order valence-corrected chi connectivity index (χ2v) is 7.33. The lowest BCUT2D eigenvalue weighted by atomic mass is 10.1. The van der Waals surface area contributed by atoms with Crippen molar-refractivity contribution in [3.63, 3.8) is 0 Å². The van der Waals surface area contributed by atoms with Crippen LogP contribution in [-0.4, -0.2) is 20.6 Å². The number of benzene rings is 2. The van der Waals surface area contributed by atoms with Crippen LogP contribution in [0, 0.1) is 13.8 Å². The fourth-order valence-corrected chi connectivity index (χ4v) is 3.38. The van der Waals surface area contributed by atoms with E-state index in [1.807, 2.05) is 62.0 Å². The van der Waals surface area contributed by atoms with Gasteiger partial charge in [-0.3, -0.25) is 4.79 Å². The number of rotatable bonds is 7. The van der Waals surface area contributed by atoms with E-state index in [0.717, 1.165) is 28.4 Å². The minimum absolute atomic E-state index is 0.186. The van der Waals surface area contributed by atoms with E-state index < -0.39 is 0 Å². The number of ether oxygens (including phenoxy) is 1. The number of hydrogen-bond acceptors (Lipinski definition) is 5. The predicted octanol–water partition coefficient (Wildman–Crippen LogP) is 4.12. The smallest absolute Gasteiger partial charge is 0.252 e. The third-order valence-corrected chi connectivity index (χ3v) is 5.21. The molecule has 2 aromatic carbocycles.